The van der Waals surface area contributed by atoms with Crippen LogP contribution >= 0.6 is 0 Å². The minimum atomic E-state index is -0.255. The highest BCUT2D eigenvalue weighted by molar-refractivity contribution is 6.01. The second kappa shape index (κ2) is 6.09. The van der Waals surface area contributed by atoms with Crippen LogP contribution in [-0.2, 0) is 9.59 Å². The minimum absolute atomic E-state index is 0.0718. The molecule has 156 valence electrons. The molecule has 3 saturated carbocycles. The van der Waals surface area contributed by atoms with E-state index in [1.54, 1.807) is 0 Å². The standard InChI is InChI=1S/C25H34N2O2/c1-16-11-24-13-17(24)14-25(12-16,15-24)22(29)27-10-9-19(21(28)26-23(2,3)4)18-7-5-6-8-20(18)27/h5-8,16-17,19H,9-15H2,1-4H3,(H,26,28). The maximum atomic E-state index is 13.9. The van der Waals surface area contributed by atoms with E-state index in [4.69, 9.17) is 0 Å². The first-order valence-electron chi connectivity index (χ1n) is 11.4. The topological polar surface area (TPSA) is 49.4 Å². The molecule has 4 nitrogen and oxygen atoms in total. The third-order valence-electron chi connectivity index (χ3n) is 7.94. The van der Waals surface area contributed by atoms with Gasteiger partial charge in [-0.2, -0.15) is 0 Å². The Bertz CT molecular complexity index is 868. The maximum absolute atomic E-state index is 13.9. The molecular formula is C25H34N2O2. The molecular weight excluding hydrogens is 360 g/mol. The van der Waals surface area contributed by atoms with E-state index in [1.165, 1.54) is 12.8 Å². The average Bonchev–Trinajstić information content (AvgIpc) is 3.19. The normalized spacial score (nSPS) is 37.5. The van der Waals surface area contributed by atoms with Crippen LogP contribution in [-0.4, -0.2) is 23.9 Å². The van der Waals surface area contributed by atoms with E-state index in [1.807, 2.05) is 49.9 Å². The van der Waals surface area contributed by atoms with Gasteiger partial charge in [0.2, 0.25) is 11.8 Å². The van der Waals surface area contributed by atoms with Crippen LogP contribution in [0.4, 0.5) is 5.69 Å². The zero-order chi connectivity index (χ0) is 20.6. The highest BCUT2D eigenvalue weighted by Crippen LogP contribution is 2.76. The molecule has 1 spiro atoms. The van der Waals surface area contributed by atoms with Crippen molar-refractivity contribution in [1.29, 1.82) is 0 Å². The summed E-state index contributed by atoms with van der Waals surface area (Å²) in [4.78, 5) is 28.9. The van der Waals surface area contributed by atoms with Crippen molar-refractivity contribution >= 4 is 17.5 Å². The fraction of sp³-hybridized carbons (Fsp3) is 0.680. The molecule has 1 aromatic rings. The fourth-order valence-corrected chi connectivity index (χ4v) is 7.10. The molecule has 5 rings (SSSR count). The lowest BCUT2D eigenvalue weighted by molar-refractivity contribution is -0.132. The number of anilines is 1. The van der Waals surface area contributed by atoms with E-state index in [2.05, 4.69) is 12.2 Å². The Morgan fingerprint density at radius 1 is 1.10 bits per heavy atom. The lowest BCUT2D eigenvalue weighted by Gasteiger charge is -2.44. The lowest BCUT2D eigenvalue weighted by Crippen LogP contribution is -2.50. The first-order valence-corrected chi connectivity index (χ1v) is 11.4. The highest BCUT2D eigenvalue weighted by Gasteiger charge is 2.70. The van der Waals surface area contributed by atoms with Crippen molar-refractivity contribution in [2.45, 2.75) is 77.7 Å². The molecule has 3 aliphatic carbocycles. The van der Waals surface area contributed by atoms with Gasteiger partial charge in [-0.1, -0.05) is 25.1 Å². The molecule has 4 aliphatic rings. The molecule has 4 heteroatoms. The summed E-state index contributed by atoms with van der Waals surface area (Å²) in [6, 6.07) is 8.07. The summed E-state index contributed by atoms with van der Waals surface area (Å²) < 4.78 is 0. The Morgan fingerprint density at radius 2 is 1.86 bits per heavy atom. The number of carbonyl (C=O) groups excluding carboxylic acids is 2. The predicted octanol–water partition coefficient (Wildman–Crippen LogP) is 4.64. The van der Waals surface area contributed by atoms with Gasteiger partial charge in [0.05, 0.1) is 11.3 Å². The van der Waals surface area contributed by atoms with Gasteiger partial charge in [-0.05, 0) is 88.2 Å². The average molecular weight is 395 g/mol. The minimum Gasteiger partial charge on any atom is -0.351 e. The van der Waals surface area contributed by atoms with Crippen LogP contribution in [0.1, 0.15) is 77.7 Å². The maximum Gasteiger partial charge on any atom is 0.233 e. The van der Waals surface area contributed by atoms with Crippen LogP contribution in [0, 0.1) is 22.7 Å². The van der Waals surface area contributed by atoms with Crippen molar-refractivity contribution < 1.29 is 9.59 Å². The van der Waals surface area contributed by atoms with Crippen LogP contribution in [0.15, 0.2) is 24.3 Å². The van der Waals surface area contributed by atoms with Gasteiger partial charge in [0.1, 0.15) is 0 Å². The number of nitrogens with zero attached hydrogens (tertiary/aromatic N) is 1. The van der Waals surface area contributed by atoms with Crippen LogP contribution in [0.3, 0.4) is 0 Å². The number of hydrogen-bond acceptors (Lipinski definition) is 2. The monoisotopic (exact) mass is 394 g/mol. The van der Waals surface area contributed by atoms with Crippen molar-refractivity contribution in [3.8, 4) is 0 Å². The molecule has 1 aromatic carbocycles. The summed E-state index contributed by atoms with van der Waals surface area (Å²) in [6.07, 6.45) is 6.58. The predicted molar refractivity (Wildman–Crippen MR) is 115 cm³/mol. The van der Waals surface area contributed by atoms with E-state index in [9.17, 15) is 9.59 Å². The third-order valence-corrected chi connectivity index (χ3v) is 7.94. The number of amides is 2. The number of hydrogen-bond donors (Lipinski definition) is 1. The van der Waals surface area contributed by atoms with Crippen LogP contribution in [0.2, 0.25) is 0 Å². The van der Waals surface area contributed by atoms with Gasteiger partial charge in [-0.25, -0.2) is 0 Å². The molecule has 5 unspecified atom stereocenters. The lowest BCUT2D eigenvalue weighted by atomic mass is 9.66. The summed E-state index contributed by atoms with van der Waals surface area (Å²) >= 11 is 0. The Hall–Kier alpha value is -1.84. The van der Waals surface area contributed by atoms with Crippen molar-refractivity contribution in [2.24, 2.45) is 22.7 Å². The van der Waals surface area contributed by atoms with E-state index in [0.717, 1.165) is 36.4 Å². The summed E-state index contributed by atoms with van der Waals surface area (Å²) in [6.45, 7) is 9.02. The zero-order valence-corrected chi connectivity index (χ0v) is 18.3. The smallest absolute Gasteiger partial charge is 0.233 e. The second-order valence-electron chi connectivity index (χ2n) is 11.5. The van der Waals surface area contributed by atoms with E-state index < -0.39 is 0 Å². The molecule has 5 atom stereocenters. The Kier molecular flexibility index (Phi) is 4.02. The fourth-order valence-electron chi connectivity index (χ4n) is 7.10. The first kappa shape index (κ1) is 19.1. The third kappa shape index (κ3) is 3.02. The Morgan fingerprint density at radius 3 is 2.62 bits per heavy atom. The van der Waals surface area contributed by atoms with Gasteiger partial charge in [-0.3, -0.25) is 9.59 Å². The second-order valence-corrected chi connectivity index (χ2v) is 11.5. The van der Waals surface area contributed by atoms with Crippen LogP contribution in [0.25, 0.3) is 0 Å². The van der Waals surface area contributed by atoms with Gasteiger partial charge in [0.15, 0.2) is 0 Å². The van der Waals surface area contributed by atoms with Crippen molar-refractivity contribution in [2.75, 3.05) is 11.4 Å². The largest absolute Gasteiger partial charge is 0.351 e. The van der Waals surface area contributed by atoms with Gasteiger partial charge in [-0.15, -0.1) is 0 Å². The van der Waals surface area contributed by atoms with Gasteiger partial charge in [0.25, 0.3) is 0 Å². The number of rotatable bonds is 2. The van der Waals surface area contributed by atoms with Crippen LogP contribution < -0.4 is 10.2 Å². The van der Waals surface area contributed by atoms with Crippen molar-refractivity contribution in [3.63, 3.8) is 0 Å². The number of nitrogens with one attached hydrogen (secondary N) is 1. The molecule has 0 saturated heterocycles. The van der Waals surface area contributed by atoms with E-state index in [-0.39, 0.29) is 22.8 Å². The van der Waals surface area contributed by atoms with E-state index in [0.29, 0.717) is 30.2 Å². The summed E-state index contributed by atoms with van der Waals surface area (Å²) in [7, 11) is 0. The van der Waals surface area contributed by atoms with Crippen LogP contribution in [0.5, 0.6) is 0 Å². The molecule has 29 heavy (non-hydrogen) atoms. The number of para-hydroxylation sites is 1. The Labute approximate surface area is 174 Å². The molecule has 0 radical (unpaired) electrons. The molecule has 1 aliphatic heterocycles. The molecule has 2 amide bonds. The summed E-state index contributed by atoms with van der Waals surface area (Å²) in [5, 5.41) is 3.14. The first-order chi connectivity index (χ1) is 13.6. The molecule has 3 fully saturated rings. The number of fused-ring (bicyclic) bond motifs is 2. The van der Waals surface area contributed by atoms with Crippen molar-refractivity contribution in [1.82, 2.24) is 5.32 Å². The quantitative estimate of drug-likeness (QED) is 0.794. The highest BCUT2D eigenvalue weighted by atomic mass is 16.2. The SMILES string of the molecule is CC1CC2(C(=O)N3CCC(C(=O)NC(C)(C)C)c4ccccc43)CC3CC3(C1)C2. The Balaban J connectivity index is 1.44. The molecule has 0 aromatic heterocycles. The molecule has 1 heterocycles. The van der Waals surface area contributed by atoms with Gasteiger partial charge >= 0.3 is 0 Å². The van der Waals surface area contributed by atoms with Gasteiger partial charge < -0.3 is 10.2 Å². The molecule has 1 N–H and O–H groups in total. The summed E-state index contributed by atoms with van der Waals surface area (Å²) in [5.74, 6) is 1.65. The zero-order valence-electron chi connectivity index (χ0n) is 18.3. The van der Waals surface area contributed by atoms with Gasteiger partial charge in [0, 0.05) is 17.8 Å². The van der Waals surface area contributed by atoms with Crippen molar-refractivity contribution in [3.05, 3.63) is 29.8 Å². The van der Waals surface area contributed by atoms with E-state index >= 15 is 0 Å². The number of benzene rings is 1. The molecule has 2 bridgehead atoms. The summed E-state index contributed by atoms with van der Waals surface area (Å²) in [5.41, 5.74) is 2.04. The number of carbonyl (C=O) groups is 2.